The SMILES string of the molecule is N[C@@H](Cc1cnc[nH]1)C(=O)O.Nc1ncnc2c1ncn2[C@@H]1O[C@H](COP(=O)(O)O)[C@@H](O)[C@H]1O.Oc1ccco1. The lowest BCUT2D eigenvalue weighted by molar-refractivity contribution is -0.138. The number of fused-ring (bicyclic) bond motifs is 1. The first kappa shape index (κ1) is 30.6. The van der Waals surface area contributed by atoms with Crippen molar-refractivity contribution in [2.75, 3.05) is 12.3 Å². The number of aliphatic carboxylic acids is 1. The van der Waals surface area contributed by atoms with Crippen molar-refractivity contribution in [3.05, 3.63) is 49.3 Å². The summed E-state index contributed by atoms with van der Waals surface area (Å²) < 4.78 is 26.2. The molecule has 4 aromatic heterocycles. The number of carbonyl (C=O) groups is 1. The Bertz CT molecular complexity index is 1390. The van der Waals surface area contributed by atoms with E-state index in [1.54, 1.807) is 12.3 Å². The molecule has 4 aromatic rings. The maximum Gasteiger partial charge on any atom is 0.469 e. The molecule has 0 spiro atoms. The van der Waals surface area contributed by atoms with Crippen LogP contribution in [0, 0.1) is 0 Å². The topological polar surface area (TPSA) is 311 Å². The number of nitrogen functional groups attached to an aromatic ring is 1. The Morgan fingerprint density at radius 2 is 2.00 bits per heavy atom. The molecular weight excluding hydrogens is 559 g/mol. The number of H-pyrrole nitrogens is 1. The number of aromatic amines is 1. The molecule has 11 N–H and O–H groups in total. The van der Waals surface area contributed by atoms with E-state index in [0.717, 1.165) is 5.69 Å². The van der Waals surface area contributed by atoms with Crippen molar-refractivity contribution in [1.82, 2.24) is 29.5 Å². The fourth-order valence-corrected chi connectivity index (χ4v) is 3.66. The summed E-state index contributed by atoms with van der Waals surface area (Å²) in [7, 11) is -4.72. The van der Waals surface area contributed by atoms with Gasteiger partial charge in [-0.1, -0.05) is 0 Å². The number of aromatic nitrogens is 6. The Morgan fingerprint density at radius 1 is 1.25 bits per heavy atom. The van der Waals surface area contributed by atoms with Crippen LogP contribution in [0.5, 0.6) is 5.95 Å². The number of nitrogens with zero attached hydrogens (tertiary/aromatic N) is 5. The van der Waals surface area contributed by atoms with Gasteiger partial charge in [0.25, 0.3) is 5.95 Å². The average Bonchev–Trinajstić information content (AvgIpc) is 3.69. The van der Waals surface area contributed by atoms with Crippen molar-refractivity contribution < 1.29 is 53.3 Å². The molecule has 0 bridgehead atoms. The van der Waals surface area contributed by atoms with Crippen LogP contribution < -0.4 is 11.5 Å². The van der Waals surface area contributed by atoms with E-state index < -0.39 is 51.0 Å². The van der Waals surface area contributed by atoms with Crippen molar-refractivity contribution in [3.63, 3.8) is 0 Å². The molecule has 1 aliphatic rings. The van der Waals surface area contributed by atoms with Crippen LogP contribution in [0.25, 0.3) is 11.2 Å². The molecule has 218 valence electrons. The summed E-state index contributed by atoms with van der Waals surface area (Å²) in [5.41, 5.74) is 12.2. The van der Waals surface area contributed by atoms with Crippen LogP contribution in [0.1, 0.15) is 11.9 Å². The summed E-state index contributed by atoms with van der Waals surface area (Å²) in [5, 5.41) is 36.8. The average molecular weight is 586 g/mol. The first-order chi connectivity index (χ1) is 18.9. The van der Waals surface area contributed by atoms with Crippen LogP contribution in [0.2, 0.25) is 0 Å². The smallest absolute Gasteiger partial charge is 0.469 e. The van der Waals surface area contributed by atoms with E-state index in [1.165, 1.54) is 35.9 Å². The molecule has 0 aromatic carbocycles. The number of aliphatic hydroxyl groups excluding tert-OH is 2. The summed E-state index contributed by atoms with van der Waals surface area (Å²) in [5.74, 6) is -0.891. The van der Waals surface area contributed by atoms with Gasteiger partial charge in [-0.3, -0.25) is 13.9 Å². The number of phosphoric acid groups is 1. The van der Waals surface area contributed by atoms with E-state index in [9.17, 15) is 19.6 Å². The molecule has 0 unspecified atom stereocenters. The summed E-state index contributed by atoms with van der Waals surface area (Å²) in [4.78, 5) is 46.0. The van der Waals surface area contributed by atoms with E-state index >= 15 is 0 Å². The monoisotopic (exact) mass is 586 g/mol. The molecule has 20 heteroatoms. The van der Waals surface area contributed by atoms with Gasteiger partial charge in [0, 0.05) is 24.4 Å². The highest BCUT2D eigenvalue weighted by atomic mass is 31.2. The summed E-state index contributed by atoms with van der Waals surface area (Å²) in [6, 6.07) is 2.24. The van der Waals surface area contributed by atoms with Crippen molar-refractivity contribution in [1.29, 1.82) is 0 Å². The third-order valence-electron chi connectivity index (χ3n) is 5.22. The number of nitrogens with two attached hydrogens (primary N) is 2. The van der Waals surface area contributed by atoms with Crippen LogP contribution in [0.15, 0.2) is 48.0 Å². The maximum absolute atomic E-state index is 10.7. The summed E-state index contributed by atoms with van der Waals surface area (Å²) in [6.07, 6.45) is 2.26. The number of ether oxygens (including phenoxy) is 1. The fourth-order valence-electron chi connectivity index (χ4n) is 3.31. The number of imidazole rings is 2. The van der Waals surface area contributed by atoms with E-state index in [1.807, 2.05) is 0 Å². The van der Waals surface area contributed by atoms with Crippen LogP contribution in [-0.2, 0) is 25.0 Å². The van der Waals surface area contributed by atoms with Gasteiger partial charge in [-0.25, -0.2) is 24.5 Å². The number of rotatable bonds is 7. The standard InChI is InChI=1S/C10H14N5O7P.C6H9N3O2.C4H4O2/c11-8-5-9(13-2-12-8)15(3-14-5)10-7(17)6(16)4(22-10)1-21-23(18,19)20;7-5(6(10)11)1-4-2-8-3-9-4;5-4-2-1-3-6-4/h2-4,6-7,10,16-17H,1H2,(H2,11,12,13)(H2,18,19,20);2-3,5H,1,7H2,(H,8,9)(H,10,11);1-3,5H/t4-,6-,7-,10-;5-;/m10./s1. The first-order valence-electron chi connectivity index (χ1n) is 11.2. The number of furan rings is 1. The largest absolute Gasteiger partial charge is 0.481 e. The van der Waals surface area contributed by atoms with Crippen LogP contribution in [0.4, 0.5) is 5.82 Å². The molecule has 0 aliphatic carbocycles. The van der Waals surface area contributed by atoms with Gasteiger partial charge in [0.2, 0.25) is 0 Å². The maximum atomic E-state index is 10.7. The molecule has 5 atom stereocenters. The Balaban J connectivity index is 0.000000213. The third kappa shape index (κ3) is 8.28. The first-order valence-corrected chi connectivity index (χ1v) is 12.7. The second-order valence-corrected chi connectivity index (χ2v) is 9.33. The number of hydrogen-bond donors (Lipinski definition) is 9. The Morgan fingerprint density at radius 3 is 2.55 bits per heavy atom. The lowest BCUT2D eigenvalue weighted by Crippen LogP contribution is -2.33. The molecule has 19 nitrogen and oxygen atoms in total. The highest BCUT2D eigenvalue weighted by Gasteiger charge is 2.45. The molecule has 1 saturated heterocycles. The quantitative estimate of drug-likeness (QED) is 0.111. The molecule has 0 saturated carbocycles. The lowest BCUT2D eigenvalue weighted by Gasteiger charge is -2.16. The van der Waals surface area contributed by atoms with Gasteiger partial charge in [-0.05, 0) is 6.07 Å². The number of nitrogens with one attached hydrogen (secondary N) is 1. The summed E-state index contributed by atoms with van der Waals surface area (Å²) in [6.45, 7) is -0.594. The van der Waals surface area contributed by atoms with E-state index in [0.29, 0.717) is 5.52 Å². The summed E-state index contributed by atoms with van der Waals surface area (Å²) >= 11 is 0. The molecular formula is C20H27N8O11P. The molecule has 5 rings (SSSR count). The normalized spacial score (nSPS) is 21.2. The Hall–Kier alpha value is -3.94. The zero-order chi connectivity index (χ0) is 29.4. The van der Waals surface area contributed by atoms with Gasteiger partial charge in [-0.2, -0.15) is 0 Å². The minimum Gasteiger partial charge on any atom is -0.481 e. The van der Waals surface area contributed by atoms with Crippen LogP contribution in [-0.4, -0.2) is 96.6 Å². The highest BCUT2D eigenvalue weighted by molar-refractivity contribution is 7.46. The van der Waals surface area contributed by atoms with E-state index in [-0.39, 0.29) is 23.8 Å². The van der Waals surface area contributed by atoms with Crippen molar-refractivity contribution >= 4 is 30.8 Å². The number of anilines is 1. The van der Waals surface area contributed by atoms with Crippen LogP contribution >= 0.6 is 7.82 Å². The molecule has 1 aliphatic heterocycles. The zero-order valence-electron chi connectivity index (χ0n) is 20.4. The second-order valence-electron chi connectivity index (χ2n) is 8.09. The Kier molecular flexibility index (Phi) is 10.3. The van der Waals surface area contributed by atoms with Crippen molar-refractivity contribution in [2.45, 2.75) is 37.0 Å². The molecule has 40 heavy (non-hydrogen) atoms. The predicted octanol–water partition coefficient (Wildman–Crippen LogP) is -1.51. The number of carboxylic acid groups (broad SMARTS) is 1. The number of phosphoric ester groups is 1. The molecule has 1 fully saturated rings. The predicted molar refractivity (Wildman–Crippen MR) is 132 cm³/mol. The third-order valence-corrected chi connectivity index (χ3v) is 5.71. The van der Waals surface area contributed by atoms with Crippen molar-refractivity contribution in [2.24, 2.45) is 5.73 Å². The Labute approximate surface area is 224 Å². The highest BCUT2D eigenvalue weighted by Crippen LogP contribution is 2.38. The van der Waals surface area contributed by atoms with E-state index in [4.69, 9.17) is 36.2 Å². The second kappa shape index (κ2) is 13.4. The van der Waals surface area contributed by atoms with Gasteiger partial charge in [0.1, 0.15) is 36.2 Å². The van der Waals surface area contributed by atoms with E-state index in [2.05, 4.69) is 33.9 Å². The van der Waals surface area contributed by atoms with Gasteiger partial charge < -0.3 is 55.8 Å². The molecule has 0 radical (unpaired) electrons. The van der Waals surface area contributed by atoms with Crippen LogP contribution in [0.3, 0.4) is 0 Å². The number of carboxylic acids is 1. The van der Waals surface area contributed by atoms with Gasteiger partial charge in [-0.15, -0.1) is 0 Å². The fraction of sp³-hybridized carbons (Fsp3) is 0.350. The number of hydrogen-bond acceptors (Lipinski definition) is 14. The number of aliphatic hydroxyl groups is 2. The van der Waals surface area contributed by atoms with Gasteiger partial charge in [0.05, 0.1) is 25.5 Å². The number of aromatic hydroxyl groups is 1. The van der Waals surface area contributed by atoms with Crippen molar-refractivity contribution in [3.8, 4) is 5.95 Å². The lowest BCUT2D eigenvalue weighted by atomic mass is 10.1. The minimum absolute atomic E-state index is 0.0324. The minimum atomic E-state index is -4.72. The molecule has 5 heterocycles. The van der Waals surface area contributed by atoms with Gasteiger partial charge >= 0.3 is 13.8 Å². The van der Waals surface area contributed by atoms with Gasteiger partial charge in [0.15, 0.2) is 17.7 Å². The molecule has 0 amide bonds. The zero-order valence-corrected chi connectivity index (χ0v) is 21.3.